The fourth-order valence-electron chi connectivity index (χ4n) is 1.65. The number of aromatic amines is 1. The molecule has 0 radical (unpaired) electrons. The molecule has 1 heterocycles. The quantitative estimate of drug-likeness (QED) is 0.501. The predicted octanol–water partition coefficient (Wildman–Crippen LogP) is 2.53. The van der Waals surface area contributed by atoms with Crippen LogP contribution in [0.4, 0.5) is 11.5 Å². The second kappa shape index (κ2) is 6.47. The first-order valence-electron chi connectivity index (χ1n) is 6.36. The highest BCUT2D eigenvalue weighted by Gasteiger charge is 2.04. The Morgan fingerprint density at radius 3 is 2.71 bits per heavy atom. The molecule has 0 atom stereocenters. The van der Waals surface area contributed by atoms with Gasteiger partial charge in [-0.2, -0.15) is 5.10 Å². The van der Waals surface area contributed by atoms with Crippen LogP contribution in [0.3, 0.4) is 0 Å². The Morgan fingerprint density at radius 2 is 2.14 bits per heavy atom. The summed E-state index contributed by atoms with van der Waals surface area (Å²) in [7, 11) is 0. The van der Waals surface area contributed by atoms with Gasteiger partial charge in [0.2, 0.25) is 5.91 Å². The first-order chi connectivity index (χ1) is 10.1. The van der Waals surface area contributed by atoms with Gasteiger partial charge in [0.1, 0.15) is 0 Å². The molecule has 0 aliphatic heterocycles. The molecule has 1 aromatic carbocycles. The number of carbonyl (C=O) groups excluding carboxylic acids is 1. The normalized spacial score (nSPS) is 10.7. The number of nitrogens with zero attached hydrogens (tertiary/aromatic N) is 2. The Hall–Kier alpha value is -2.96. The maximum absolute atomic E-state index is 11.7. The van der Waals surface area contributed by atoms with E-state index in [1.165, 1.54) is 18.2 Å². The van der Waals surface area contributed by atoms with Gasteiger partial charge in [0, 0.05) is 30.0 Å². The van der Waals surface area contributed by atoms with Crippen LogP contribution in [0.5, 0.6) is 0 Å². The van der Waals surface area contributed by atoms with Gasteiger partial charge in [0.15, 0.2) is 5.82 Å². The Labute approximate surface area is 120 Å². The molecule has 7 heteroatoms. The summed E-state index contributed by atoms with van der Waals surface area (Å²) in [4.78, 5) is 21.8. The number of amides is 1. The third-order valence-electron chi connectivity index (χ3n) is 2.79. The molecule has 0 aliphatic rings. The molecule has 0 saturated heterocycles. The van der Waals surface area contributed by atoms with E-state index in [1.54, 1.807) is 24.3 Å². The molecule has 0 saturated carbocycles. The molecule has 2 aromatic rings. The number of aryl methyl sites for hydroxylation is 1. The van der Waals surface area contributed by atoms with E-state index in [1.807, 2.05) is 6.92 Å². The van der Waals surface area contributed by atoms with Crippen molar-refractivity contribution in [1.29, 1.82) is 0 Å². The number of carbonyl (C=O) groups is 1. The summed E-state index contributed by atoms with van der Waals surface area (Å²) in [5.41, 5.74) is 1.65. The molecule has 7 nitrogen and oxygen atoms in total. The van der Waals surface area contributed by atoms with Crippen molar-refractivity contribution in [2.24, 2.45) is 0 Å². The van der Waals surface area contributed by atoms with E-state index in [-0.39, 0.29) is 11.6 Å². The number of non-ortho nitro benzene ring substituents is 1. The van der Waals surface area contributed by atoms with Crippen LogP contribution < -0.4 is 5.32 Å². The van der Waals surface area contributed by atoms with Gasteiger partial charge in [-0.1, -0.05) is 6.92 Å². The number of hydrogen-bond acceptors (Lipinski definition) is 4. The van der Waals surface area contributed by atoms with Gasteiger partial charge in [0.25, 0.3) is 5.69 Å². The highest BCUT2D eigenvalue weighted by molar-refractivity contribution is 6.01. The molecular weight excluding hydrogens is 272 g/mol. The van der Waals surface area contributed by atoms with Crippen molar-refractivity contribution in [3.05, 3.63) is 57.8 Å². The lowest BCUT2D eigenvalue weighted by Gasteiger charge is -1.96. The van der Waals surface area contributed by atoms with Crippen LogP contribution in [0.15, 0.2) is 36.4 Å². The van der Waals surface area contributed by atoms with E-state index in [4.69, 9.17) is 0 Å². The van der Waals surface area contributed by atoms with Crippen LogP contribution in [-0.2, 0) is 11.2 Å². The molecule has 1 amide bonds. The maximum atomic E-state index is 11.7. The van der Waals surface area contributed by atoms with E-state index in [9.17, 15) is 14.9 Å². The standard InChI is InChI=1S/C14H14N4O3/c1-2-11-9-13(17-16-11)15-14(19)8-5-10-3-6-12(7-4-10)18(20)21/h3-9H,2H2,1H3,(H2,15,16,17,19)/b8-5+. The summed E-state index contributed by atoms with van der Waals surface area (Å²) in [6, 6.07) is 7.69. The third kappa shape index (κ3) is 4.00. The van der Waals surface area contributed by atoms with Crippen LogP contribution in [0.25, 0.3) is 6.08 Å². The molecule has 2 N–H and O–H groups in total. The van der Waals surface area contributed by atoms with Crippen molar-refractivity contribution >= 4 is 23.5 Å². The summed E-state index contributed by atoms with van der Waals surface area (Å²) >= 11 is 0. The van der Waals surface area contributed by atoms with Crippen LogP contribution >= 0.6 is 0 Å². The Kier molecular flexibility index (Phi) is 4.45. The minimum Gasteiger partial charge on any atom is -0.306 e. The molecule has 2 rings (SSSR count). The Morgan fingerprint density at radius 1 is 1.43 bits per heavy atom. The lowest BCUT2D eigenvalue weighted by molar-refractivity contribution is -0.384. The second-order valence-electron chi connectivity index (χ2n) is 4.30. The topological polar surface area (TPSA) is 101 Å². The number of benzene rings is 1. The average molecular weight is 286 g/mol. The van der Waals surface area contributed by atoms with Crippen LogP contribution in [0.2, 0.25) is 0 Å². The van der Waals surface area contributed by atoms with Gasteiger partial charge in [-0.25, -0.2) is 0 Å². The van der Waals surface area contributed by atoms with Crippen molar-refractivity contribution in [1.82, 2.24) is 10.2 Å². The molecule has 108 valence electrons. The van der Waals surface area contributed by atoms with Crippen molar-refractivity contribution in [2.45, 2.75) is 13.3 Å². The lowest BCUT2D eigenvalue weighted by Crippen LogP contribution is -2.07. The first kappa shape index (κ1) is 14.4. The summed E-state index contributed by atoms with van der Waals surface area (Å²) < 4.78 is 0. The minimum atomic E-state index is -0.469. The number of nitro groups is 1. The van der Waals surface area contributed by atoms with Gasteiger partial charge in [0.05, 0.1) is 4.92 Å². The molecular formula is C14H14N4O3. The summed E-state index contributed by atoms with van der Waals surface area (Å²) in [5, 5.41) is 19.9. The fraction of sp³-hybridized carbons (Fsp3) is 0.143. The SMILES string of the molecule is CCc1cc(NC(=O)/C=C/c2ccc([N+](=O)[O-])cc2)n[nH]1. The highest BCUT2D eigenvalue weighted by atomic mass is 16.6. The van der Waals surface area contributed by atoms with E-state index >= 15 is 0 Å². The average Bonchev–Trinajstić information content (AvgIpc) is 2.93. The van der Waals surface area contributed by atoms with Crippen LogP contribution in [0, 0.1) is 10.1 Å². The zero-order valence-corrected chi connectivity index (χ0v) is 11.4. The number of hydrogen-bond donors (Lipinski definition) is 2. The lowest BCUT2D eigenvalue weighted by atomic mass is 10.2. The maximum Gasteiger partial charge on any atom is 0.269 e. The van der Waals surface area contributed by atoms with Gasteiger partial charge in [-0.15, -0.1) is 0 Å². The van der Waals surface area contributed by atoms with Crippen molar-refractivity contribution < 1.29 is 9.72 Å². The molecule has 0 bridgehead atoms. The third-order valence-corrected chi connectivity index (χ3v) is 2.79. The molecule has 0 aliphatic carbocycles. The summed E-state index contributed by atoms with van der Waals surface area (Å²) in [5.74, 6) is 0.146. The van der Waals surface area contributed by atoms with Gasteiger partial charge >= 0.3 is 0 Å². The smallest absolute Gasteiger partial charge is 0.269 e. The largest absolute Gasteiger partial charge is 0.306 e. The minimum absolute atomic E-state index is 0.0141. The number of aromatic nitrogens is 2. The Bertz CT molecular complexity index is 674. The first-order valence-corrected chi connectivity index (χ1v) is 6.36. The van der Waals surface area contributed by atoms with Crippen LogP contribution in [0.1, 0.15) is 18.2 Å². The number of nitrogens with one attached hydrogen (secondary N) is 2. The van der Waals surface area contributed by atoms with E-state index in [0.717, 1.165) is 12.1 Å². The molecule has 0 fully saturated rings. The van der Waals surface area contributed by atoms with Gasteiger partial charge in [-0.3, -0.25) is 20.0 Å². The van der Waals surface area contributed by atoms with E-state index in [0.29, 0.717) is 11.4 Å². The predicted molar refractivity (Wildman–Crippen MR) is 78.7 cm³/mol. The van der Waals surface area contributed by atoms with E-state index in [2.05, 4.69) is 15.5 Å². The Balaban J connectivity index is 1.96. The molecule has 1 aromatic heterocycles. The van der Waals surface area contributed by atoms with Crippen molar-refractivity contribution in [2.75, 3.05) is 5.32 Å². The van der Waals surface area contributed by atoms with Crippen molar-refractivity contribution in [3.8, 4) is 0 Å². The summed E-state index contributed by atoms with van der Waals surface area (Å²) in [6.07, 6.45) is 3.73. The molecule has 21 heavy (non-hydrogen) atoms. The van der Waals surface area contributed by atoms with Crippen LogP contribution in [-0.4, -0.2) is 21.0 Å². The number of H-pyrrole nitrogens is 1. The van der Waals surface area contributed by atoms with E-state index < -0.39 is 4.92 Å². The number of rotatable bonds is 5. The fourth-order valence-corrected chi connectivity index (χ4v) is 1.65. The monoisotopic (exact) mass is 286 g/mol. The second-order valence-corrected chi connectivity index (χ2v) is 4.30. The number of anilines is 1. The number of nitro benzene ring substituents is 1. The summed E-state index contributed by atoms with van der Waals surface area (Å²) in [6.45, 7) is 1.98. The zero-order chi connectivity index (χ0) is 15.2. The molecule has 0 spiro atoms. The van der Waals surface area contributed by atoms with Crippen molar-refractivity contribution in [3.63, 3.8) is 0 Å². The molecule has 0 unspecified atom stereocenters. The zero-order valence-electron chi connectivity index (χ0n) is 11.4. The van der Waals surface area contributed by atoms with Gasteiger partial charge in [-0.05, 0) is 30.2 Å². The highest BCUT2D eigenvalue weighted by Crippen LogP contribution is 2.13. The van der Waals surface area contributed by atoms with Gasteiger partial charge < -0.3 is 5.32 Å².